The third-order valence-corrected chi connectivity index (χ3v) is 3.04. The van der Waals surface area contributed by atoms with Crippen molar-refractivity contribution >= 4 is 15.9 Å². The van der Waals surface area contributed by atoms with E-state index in [4.69, 9.17) is 4.74 Å². The molecular weight excluding hydrogens is 285 g/mol. The van der Waals surface area contributed by atoms with Crippen molar-refractivity contribution < 1.29 is 9.13 Å². The standard InChI is InChI=1S/C13H19BrFNO/c1-2-3-4-7-16-8-9-17-11-5-6-12(14)13(15)10-11/h5-6,10,16H,2-4,7-9H2,1H3. The molecule has 0 atom stereocenters. The first kappa shape index (κ1) is 14.5. The molecule has 0 fully saturated rings. The summed E-state index contributed by atoms with van der Waals surface area (Å²) in [6.07, 6.45) is 3.69. The van der Waals surface area contributed by atoms with Crippen LogP contribution in [0, 0.1) is 5.82 Å². The maximum absolute atomic E-state index is 13.2. The van der Waals surface area contributed by atoms with Crippen molar-refractivity contribution in [2.75, 3.05) is 19.7 Å². The molecule has 0 bridgehead atoms. The van der Waals surface area contributed by atoms with E-state index >= 15 is 0 Å². The second-order valence-corrected chi connectivity index (χ2v) is 4.74. The van der Waals surface area contributed by atoms with E-state index in [1.807, 2.05) is 0 Å². The van der Waals surface area contributed by atoms with E-state index in [2.05, 4.69) is 28.2 Å². The molecule has 0 unspecified atom stereocenters. The number of rotatable bonds is 8. The van der Waals surface area contributed by atoms with Gasteiger partial charge in [-0.2, -0.15) is 0 Å². The summed E-state index contributed by atoms with van der Waals surface area (Å²) in [6, 6.07) is 4.80. The first-order chi connectivity index (χ1) is 8.24. The molecule has 17 heavy (non-hydrogen) atoms. The maximum atomic E-state index is 13.2. The van der Waals surface area contributed by atoms with Crippen molar-refractivity contribution in [2.24, 2.45) is 0 Å². The highest BCUT2D eigenvalue weighted by Crippen LogP contribution is 2.20. The van der Waals surface area contributed by atoms with Gasteiger partial charge in [-0.3, -0.25) is 0 Å². The van der Waals surface area contributed by atoms with Gasteiger partial charge in [-0.25, -0.2) is 4.39 Å². The van der Waals surface area contributed by atoms with Crippen LogP contribution >= 0.6 is 15.9 Å². The predicted molar refractivity (Wildman–Crippen MR) is 72.0 cm³/mol. The second kappa shape index (κ2) is 8.48. The maximum Gasteiger partial charge on any atom is 0.141 e. The Labute approximate surface area is 111 Å². The van der Waals surface area contributed by atoms with Gasteiger partial charge in [0, 0.05) is 12.6 Å². The molecule has 0 radical (unpaired) electrons. The first-order valence-electron chi connectivity index (χ1n) is 6.02. The van der Waals surface area contributed by atoms with Crippen LogP contribution in [0.3, 0.4) is 0 Å². The highest BCUT2D eigenvalue weighted by Gasteiger charge is 2.00. The lowest BCUT2D eigenvalue weighted by Crippen LogP contribution is -2.22. The average Bonchev–Trinajstić information content (AvgIpc) is 2.32. The Hall–Kier alpha value is -0.610. The summed E-state index contributed by atoms with van der Waals surface area (Å²) in [6.45, 7) is 4.56. The number of hydrogen-bond acceptors (Lipinski definition) is 2. The van der Waals surface area contributed by atoms with Gasteiger partial charge in [0.1, 0.15) is 18.2 Å². The van der Waals surface area contributed by atoms with Crippen molar-refractivity contribution in [3.05, 3.63) is 28.5 Å². The van der Waals surface area contributed by atoms with Crippen LogP contribution in [0.15, 0.2) is 22.7 Å². The average molecular weight is 304 g/mol. The molecule has 2 nitrogen and oxygen atoms in total. The van der Waals surface area contributed by atoms with Gasteiger partial charge in [-0.05, 0) is 41.0 Å². The van der Waals surface area contributed by atoms with E-state index in [0.29, 0.717) is 16.8 Å². The molecule has 0 spiro atoms. The summed E-state index contributed by atoms with van der Waals surface area (Å²) in [5.74, 6) is 0.277. The summed E-state index contributed by atoms with van der Waals surface area (Å²) >= 11 is 3.10. The molecule has 1 aromatic rings. The van der Waals surface area contributed by atoms with E-state index < -0.39 is 0 Å². The summed E-state index contributed by atoms with van der Waals surface area (Å²) in [7, 11) is 0. The zero-order valence-electron chi connectivity index (χ0n) is 10.1. The minimum absolute atomic E-state index is 0.293. The zero-order valence-corrected chi connectivity index (χ0v) is 11.7. The Morgan fingerprint density at radius 1 is 1.29 bits per heavy atom. The summed E-state index contributed by atoms with van der Waals surface area (Å²) in [5.41, 5.74) is 0. The lowest BCUT2D eigenvalue weighted by atomic mass is 10.2. The van der Waals surface area contributed by atoms with Gasteiger partial charge in [0.15, 0.2) is 0 Å². The van der Waals surface area contributed by atoms with Gasteiger partial charge in [0.05, 0.1) is 4.47 Å². The second-order valence-electron chi connectivity index (χ2n) is 3.88. The fraction of sp³-hybridized carbons (Fsp3) is 0.538. The molecule has 0 amide bonds. The Balaban J connectivity index is 2.11. The van der Waals surface area contributed by atoms with Crippen LogP contribution in [0.4, 0.5) is 4.39 Å². The molecule has 1 aromatic carbocycles. The van der Waals surface area contributed by atoms with Crippen LogP contribution in [-0.2, 0) is 0 Å². The molecule has 0 saturated heterocycles. The van der Waals surface area contributed by atoms with E-state index in [9.17, 15) is 4.39 Å². The van der Waals surface area contributed by atoms with Crippen molar-refractivity contribution in [2.45, 2.75) is 26.2 Å². The monoisotopic (exact) mass is 303 g/mol. The number of nitrogens with one attached hydrogen (secondary N) is 1. The number of unbranched alkanes of at least 4 members (excludes halogenated alkanes) is 2. The number of benzene rings is 1. The Kier molecular flexibility index (Phi) is 7.21. The lowest BCUT2D eigenvalue weighted by molar-refractivity contribution is 0.312. The van der Waals surface area contributed by atoms with Gasteiger partial charge in [0.25, 0.3) is 0 Å². The van der Waals surface area contributed by atoms with Gasteiger partial charge >= 0.3 is 0 Å². The minimum atomic E-state index is -0.293. The molecule has 1 N–H and O–H groups in total. The van der Waals surface area contributed by atoms with Crippen molar-refractivity contribution in [3.8, 4) is 5.75 Å². The largest absolute Gasteiger partial charge is 0.492 e. The topological polar surface area (TPSA) is 21.3 Å². The van der Waals surface area contributed by atoms with Gasteiger partial charge in [-0.1, -0.05) is 19.8 Å². The van der Waals surface area contributed by atoms with Crippen LogP contribution in [0.2, 0.25) is 0 Å². The number of halogens is 2. The van der Waals surface area contributed by atoms with E-state index in [-0.39, 0.29) is 5.82 Å². The molecule has 0 aromatic heterocycles. The van der Waals surface area contributed by atoms with Gasteiger partial charge < -0.3 is 10.1 Å². The van der Waals surface area contributed by atoms with Crippen molar-refractivity contribution in [3.63, 3.8) is 0 Å². The van der Waals surface area contributed by atoms with E-state index in [1.165, 1.54) is 25.3 Å². The van der Waals surface area contributed by atoms with Crippen molar-refractivity contribution in [1.82, 2.24) is 5.32 Å². The molecule has 0 saturated carbocycles. The van der Waals surface area contributed by atoms with Crippen LogP contribution in [0.25, 0.3) is 0 Å². The first-order valence-corrected chi connectivity index (χ1v) is 6.82. The van der Waals surface area contributed by atoms with Crippen LogP contribution in [0.5, 0.6) is 5.75 Å². The molecule has 1 rings (SSSR count). The van der Waals surface area contributed by atoms with Crippen molar-refractivity contribution in [1.29, 1.82) is 0 Å². The normalized spacial score (nSPS) is 10.5. The SMILES string of the molecule is CCCCCNCCOc1ccc(Br)c(F)c1. The quantitative estimate of drug-likeness (QED) is 0.739. The van der Waals surface area contributed by atoms with Crippen LogP contribution < -0.4 is 10.1 Å². The third-order valence-electron chi connectivity index (χ3n) is 2.40. The molecule has 0 aliphatic heterocycles. The third kappa shape index (κ3) is 6.03. The van der Waals surface area contributed by atoms with Crippen LogP contribution in [-0.4, -0.2) is 19.7 Å². The molecular formula is C13H19BrFNO. The predicted octanol–water partition coefficient (Wildman–Crippen LogP) is 3.75. The number of hydrogen-bond donors (Lipinski definition) is 1. The summed E-state index contributed by atoms with van der Waals surface area (Å²) < 4.78 is 19.0. The summed E-state index contributed by atoms with van der Waals surface area (Å²) in [4.78, 5) is 0. The summed E-state index contributed by atoms with van der Waals surface area (Å²) in [5, 5.41) is 3.29. The highest BCUT2D eigenvalue weighted by atomic mass is 79.9. The van der Waals surface area contributed by atoms with Gasteiger partial charge in [-0.15, -0.1) is 0 Å². The molecule has 96 valence electrons. The molecule has 0 aliphatic carbocycles. The Morgan fingerprint density at radius 3 is 2.82 bits per heavy atom. The zero-order chi connectivity index (χ0) is 12.5. The smallest absolute Gasteiger partial charge is 0.141 e. The number of ether oxygens (including phenoxy) is 1. The lowest BCUT2D eigenvalue weighted by Gasteiger charge is -2.07. The fourth-order valence-corrected chi connectivity index (χ4v) is 1.68. The highest BCUT2D eigenvalue weighted by molar-refractivity contribution is 9.10. The van der Waals surface area contributed by atoms with Gasteiger partial charge in [0.2, 0.25) is 0 Å². The molecule has 0 heterocycles. The van der Waals surface area contributed by atoms with Crippen LogP contribution in [0.1, 0.15) is 26.2 Å². The molecule has 0 aliphatic rings. The van der Waals surface area contributed by atoms with E-state index in [1.54, 1.807) is 12.1 Å². The fourth-order valence-electron chi connectivity index (χ4n) is 1.43. The molecule has 4 heteroatoms. The Morgan fingerprint density at radius 2 is 2.12 bits per heavy atom. The Bertz CT molecular complexity index is 333. The van der Waals surface area contributed by atoms with E-state index in [0.717, 1.165) is 13.1 Å². The minimum Gasteiger partial charge on any atom is -0.492 e.